The highest BCUT2D eigenvalue weighted by molar-refractivity contribution is 5.35. The van der Waals surface area contributed by atoms with Crippen LogP contribution in [0.2, 0.25) is 0 Å². The molecule has 0 heterocycles. The lowest BCUT2D eigenvalue weighted by Crippen LogP contribution is -2.32. The van der Waals surface area contributed by atoms with Crippen molar-refractivity contribution >= 4 is 0 Å². The maximum atomic E-state index is 4.27. The van der Waals surface area contributed by atoms with Crippen molar-refractivity contribution in [3.05, 3.63) is 35.5 Å². The first-order valence-corrected chi connectivity index (χ1v) is 9.23. The van der Waals surface area contributed by atoms with Gasteiger partial charge in [0.1, 0.15) is 0 Å². The number of fused-ring (bicyclic) bond motifs is 1. The molecular formula is C21H32. The first-order valence-electron chi connectivity index (χ1n) is 9.23. The van der Waals surface area contributed by atoms with Crippen LogP contribution in [0.4, 0.5) is 0 Å². The first kappa shape index (κ1) is 15.1. The summed E-state index contributed by atoms with van der Waals surface area (Å²) in [6.45, 7) is 9.24. The third-order valence-corrected chi connectivity index (χ3v) is 6.78. The van der Waals surface area contributed by atoms with Crippen LogP contribution in [0.5, 0.6) is 0 Å². The number of hydrogen-bond donors (Lipinski definition) is 0. The Bertz CT molecular complexity index is 464. The fraction of sp³-hybridized carbons (Fsp3) is 0.714. The van der Waals surface area contributed by atoms with Crippen molar-refractivity contribution in [2.75, 3.05) is 0 Å². The van der Waals surface area contributed by atoms with Gasteiger partial charge in [0.05, 0.1) is 0 Å². The van der Waals surface area contributed by atoms with Gasteiger partial charge in [-0.05, 0) is 80.6 Å². The lowest BCUT2D eigenvalue weighted by atomic mass is 9.63. The maximum absolute atomic E-state index is 4.27. The van der Waals surface area contributed by atoms with Gasteiger partial charge in [0.2, 0.25) is 0 Å². The minimum Gasteiger partial charge on any atom is -0.0956 e. The third-order valence-electron chi connectivity index (χ3n) is 6.78. The molecule has 3 rings (SSSR count). The van der Waals surface area contributed by atoms with Crippen LogP contribution in [0.1, 0.15) is 78.1 Å². The topological polar surface area (TPSA) is 0 Å². The van der Waals surface area contributed by atoms with Gasteiger partial charge in [-0.2, -0.15) is 0 Å². The molecule has 0 aromatic rings. The molecule has 0 radical (unpaired) electrons. The first-order chi connectivity index (χ1) is 10.1. The minimum atomic E-state index is 0.598. The van der Waals surface area contributed by atoms with E-state index in [1.54, 1.807) is 5.57 Å². The van der Waals surface area contributed by atoms with E-state index in [0.29, 0.717) is 5.41 Å². The van der Waals surface area contributed by atoms with Gasteiger partial charge < -0.3 is 0 Å². The molecule has 0 aliphatic heterocycles. The predicted molar refractivity (Wildman–Crippen MR) is 92.2 cm³/mol. The van der Waals surface area contributed by atoms with E-state index < -0.39 is 0 Å². The van der Waals surface area contributed by atoms with E-state index in [4.69, 9.17) is 0 Å². The van der Waals surface area contributed by atoms with Crippen molar-refractivity contribution in [3.63, 3.8) is 0 Å². The molecule has 0 bridgehead atoms. The molecule has 3 aliphatic rings. The van der Waals surface area contributed by atoms with Crippen molar-refractivity contribution in [2.45, 2.75) is 78.1 Å². The Morgan fingerprint density at radius 2 is 1.90 bits per heavy atom. The monoisotopic (exact) mass is 284 g/mol. The van der Waals surface area contributed by atoms with Gasteiger partial charge >= 0.3 is 0 Å². The molecule has 0 N–H and O–H groups in total. The summed E-state index contributed by atoms with van der Waals surface area (Å²) in [6.07, 6.45) is 18.6. The molecule has 0 spiro atoms. The van der Waals surface area contributed by atoms with Gasteiger partial charge in [0, 0.05) is 0 Å². The normalized spacial score (nSPS) is 40.8. The molecule has 0 nitrogen and oxygen atoms in total. The molecule has 3 atom stereocenters. The highest BCUT2D eigenvalue weighted by atomic mass is 14.5. The number of allylic oxidation sites excluding steroid dienone is 5. The highest BCUT2D eigenvalue weighted by Crippen LogP contribution is 2.58. The maximum Gasteiger partial charge on any atom is -0.0143 e. The number of hydrogen-bond acceptors (Lipinski definition) is 0. The van der Waals surface area contributed by atoms with E-state index in [1.807, 2.05) is 0 Å². The van der Waals surface area contributed by atoms with Gasteiger partial charge in [-0.25, -0.2) is 0 Å². The smallest absolute Gasteiger partial charge is 0.0143 e. The lowest BCUT2D eigenvalue weighted by molar-refractivity contribution is 0.133. The van der Waals surface area contributed by atoms with Crippen LogP contribution in [0.25, 0.3) is 0 Å². The summed E-state index contributed by atoms with van der Waals surface area (Å²) in [5.74, 6) is 1.83. The molecule has 3 fully saturated rings. The second kappa shape index (κ2) is 6.15. The van der Waals surface area contributed by atoms with Crippen LogP contribution >= 0.6 is 0 Å². The third kappa shape index (κ3) is 2.79. The van der Waals surface area contributed by atoms with Crippen molar-refractivity contribution in [3.8, 4) is 0 Å². The zero-order valence-corrected chi connectivity index (χ0v) is 14.1. The Kier molecular flexibility index (Phi) is 4.43. The molecule has 3 aliphatic carbocycles. The zero-order chi connectivity index (χ0) is 14.9. The van der Waals surface area contributed by atoms with Crippen LogP contribution in [0, 0.1) is 17.3 Å². The Hall–Kier alpha value is -0.780. The average Bonchev–Trinajstić information content (AvgIpc) is 2.83. The fourth-order valence-corrected chi connectivity index (χ4v) is 5.42. The molecule has 0 saturated heterocycles. The van der Waals surface area contributed by atoms with Crippen LogP contribution < -0.4 is 0 Å². The van der Waals surface area contributed by atoms with Crippen molar-refractivity contribution in [2.24, 2.45) is 17.3 Å². The van der Waals surface area contributed by atoms with Crippen molar-refractivity contribution < 1.29 is 0 Å². The second-order valence-corrected chi connectivity index (χ2v) is 7.84. The van der Waals surface area contributed by atoms with Gasteiger partial charge in [0.25, 0.3) is 0 Å². The van der Waals surface area contributed by atoms with E-state index in [-0.39, 0.29) is 0 Å². The van der Waals surface area contributed by atoms with Crippen molar-refractivity contribution in [1.29, 1.82) is 0 Å². The largest absolute Gasteiger partial charge is 0.0956 e. The molecule has 3 saturated carbocycles. The van der Waals surface area contributed by atoms with Crippen LogP contribution in [0.15, 0.2) is 35.5 Å². The van der Waals surface area contributed by atoms with Crippen LogP contribution in [-0.2, 0) is 0 Å². The predicted octanol–water partition coefficient (Wildman–Crippen LogP) is 6.60. The Labute approximate surface area is 131 Å². The molecule has 0 amide bonds. The van der Waals surface area contributed by atoms with E-state index in [2.05, 4.69) is 32.6 Å². The molecule has 0 unspecified atom stereocenters. The van der Waals surface area contributed by atoms with Crippen LogP contribution in [-0.4, -0.2) is 0 Å². The highest BCUT2D eigenvalue weighted by Gasteiger charge is 2.48. The molecular weight excluding hydrogens is 252 g/mol. The SMILES string of the molecule is C=C1CCCCC1=CC=C1CCC[C@]2(C)[C@@H](CC)CC[C@@H]12. The summed E-state index contributed by atoms with van der Waals surface area (Å²) in [6, 6.07) is 0. The summed E-state index contributed by atoms with van der Waals surface area (Å²) in [5, 5.41) is 0. The molecule has 0 heteroatoms. The van der Waals surface area contributed by atoms with E-state index in [9.17, 15) is 0 Å². The summed E-state index contributed by atoms with van der Waals surface area (Å²) < 4.78 is 0. The van der Waals surface area contributed by atoms with E-state index in [1.165, 1.54) is 75.4 Å². The molecule has 0 aromatic heterocycles. The quantitative estimate of drug-likeness (QED) is 0.536. The van der Waals surface area contributed by atoms with E-state index in [0.717, 1.165) is 11.8 Å². The summed E-state index contributed by atoms with van der Waals surface area (Å²) in [5.41, 5.74) is 5.28. The van der Waals surface area contributed by atoms with Gasteiger partial charge in [-0.3, -0.25) is 0 Å². The Morgan fingerprint density at radius 1 is 1.10 bits per heavy atom. The summed E-state index contributed by atoms with van der Waals surface area (Å²) >= 11 is 0. The Morgan fingerprint density at radius 3 is 2.67 bits per heavy atom. The average molecular weight is 284 g/mol. The second-order valence-electron chi connectivity index (χ2n) is 7.84. The standard InChI is InChI=1S/C21H32/c1-4-19-13-14-20-18(10-7-15-21(19,20)3)12-11-17-9-6-5-8-16(17)2/h11-12,19-20H,2,4-10,13-15H2,1,3H3/t19-,20-,21+/m0/s1. The summed E-state index contributed by atoms with van der Waals surface area (Å²) in [7, 11) is 0. The fourth-order valence-electron chi connectivity index (χ4n) is 5.42. The molecule has 0 aromatic carbocycles. The van der Waals surface area contributed by atoms with E-state index >= 15 is 0 Å². The minimum absolute atomic E-state index is 0.598. The van der Waals surface area contributed by atoms with Crippen LogP contribution in [0.3, 0.4) is 0 Å². The zero-order valence-electron chi connectivity index (χ0n) is 14.1. The van der Waals surface area contributed by atoms with Gasteiger partial charge in [-0.15, -0.1) is 0 Å². The van der Waals surface area contributed by atoms with Crippen molar-refractivity contribution in [1.82, 2.24) is 0 Å². The Balaban J connectivity index is 1.80. The lowest BCUT2D eigenvalue weighted by Gasteiger charge is -2.42. The van der Waals surface area contributed by atoms with Gasteiger partial charge in [-0.1, -0.05) is 50.1 Å². The summed E-state index contributed by atoms with van der Waals surface area (Å²) in [4.78, 5) is 0. The van der Waals surface area contributed by atoms with Gasteiger partial charge in [0.15, 0.2) is 0 Å². The number of rotatable bonds is 2. The molecule has 116 valence electrons. The molecule has 21 heavy (non-hydrogen) atoms.